The van der Waals surface area contributed by atoms with Gasteiger partial charge in [0.05, 0.1) is 5.69 Å². The molecular formula is C18H25N3. The molecule has 1 saturated carbocycles. The summed E-state index contributed by atoms with van der Waals surface area (Å²) >= 11 is 0. The summed E-state index contributed by atoms with van der Waals surface area (Å²) in [6.45, 7) is 5.69. The van der Waals surface area contributed by atoms with Crippen LogP contribution in [0.1, 0.15) is 38.7 Å². The molecule has 1 heterocycles. The Morgan fingerprint density at radius 2 is 2.05 bits per heavy atom. The van der Waals surface area contributed by atoms with Crippen LogP contribution in [0.4, 0.5) is 0 Å². The van der Waals surface area contributed by atoms with Gasteiger partial charge < -0.3 is 5.32 Å². The van der Waals surface area contributed by atoms with E-state index in [-0.39, 0.29) is 0 Å². The van der Waals surface area contributed by atoms with Gasteiger partial charge in [0.2, 0.25) is 0 Å². The Morgan fingerprint density at radius 3 is 2.86 bits per heavy atom. The Hall–Kier alpha value is -1.61. The number of hydrogen-bond acceptors (Lipinski definition) is 2. The molecule has 0 spiro atoms. The summed E-state index contributed by atoms with van der Waals surface area (Å²) in [4.78, 5) is 0. The van der Waals surface area contributed by atoms with Gasteiger partial charge in [-0.05, 0) is 36.0 Å². The number of nitrogens with zero attached hydrogens (tertiary/aromatic N) is 2. The molecule has 21 heavy (non-hydrogen) atoms. The van der Waals surface area contributed by atoms with Crippen molar-refractivity contribution in [2.75, 3.05) is 0 Å². The predicted octanol–water partition coefficient (Wildman–Crippen LogP) is 3.79. The highest BCUT2D eigenvalue weighted by atomic mass is 15.3. The van der Waals surface area contributed by atoms with Crippen molar-refractivity contribution in [3.63, 3.8) is 0 Å². The van der Waals surface area contributed by atoms with Gasteiger partial charge in [-0.2, -0.15) is 5.10 Å². The fraction of sp³-hybridized carbons (Fsp3) is 0.500. The van der Waals surface area contributed by atoms with E-state index in [0.29, 0.717) is 6.04 Å². The predicted molar refractivity (Wildman–Crippen MR) is 86.4 cm³/mol. The first-order chi connectivity index (χ1) is 10.3. The number of benzene rings is 1. The lowest BCUT2D eigenvalue weighted by atomic mass is 9.78. The van der Waals surface area contributed by atoms with Crippen LogP contribution in [0.15, 0.2) is 42.7 Å². The molecule has 3 unspecified atom stereocenters. The molecule has 3 heteroatoms. The third kappa shape index (κ3) is 3.18. The largest absolute Gasteiger partial charge is 0.310 e. The minimum Gasteiger partial charge on any atom is -0.310 e. The molecule has 1 aliphatic carbocycles. The quantitative estimate of drug-likeness (QED) is 0.925. The van der Waals surface area contributed by atoms with Gasteiger partial charge in [0, 0.05) is 25.0 Å². The summed E-state index contributed by atoms with van der Waals surface area (Å²) in [6, 6.07) is 11.1. The zero-order valence-corrected chi connectivity index (χ0v) is 13.0. The first kappa shape index (κ1) is 14.3. The van der Waals surface area contributed by atoms with Crippen molar-refractivity contribution in [3.8, 4) is 5.69 Å². The van der Waals surface area contributed by atoms with E-state index in [9.17, 15) is 0 Å². The molecule has 0 amide bonds. The maximum absolute atomic E-state index is 4.36. The van der Waals surface area contributed by atoms with Crippen LogP contribution in [0.2, 0.25) is 0 Å². The molecule has 0 radical (unpaired) electrons. The Balaban J connectivity index is 1.71. The summed E-state index contributed by atoms with van der Waals surface area (Å²) in [5.41, 5.74) is 2.48. The average molecular weight is 283 g/mol. The summed E-state index contributed by atoms with van der Waals surface area (Å²) in [5.74, 6) is 1.59. The Kier molecular flexibility index (Phi) is 4.39. The SMILES string of the molecule is CC1CCCC(NCc2ccccc2-n2cccn2)C1C. The second-order valence-corrected chi connectivity index (χ2v) is 6.33. The second-order valence-electron chi connectivity index (χ2n) is 6.33. The highest BCUT2D eigenvalue weighted by Crippen LogP contribution is 2.29. The molecule has 0 saturated heterocycles. The van der Waals surface area contributed by atoms with Crippen LogP contribution in [0.25, 0.3) is 5.69 Å². The van der Waals surface area contributed by atoms with Crippen molar-refractivity contribution in [2.45, 2.75) is 45.7 Å². The van der Waals surface area contributed by atoms with Crippen LogP contribution in [-0.4, -0.2) is 15.8 Å². The van der Waals surface area contributed by atoms with Gasteiger partial charge in [-0.25, -0.2) is 4.68 Å². The Morgan fingerprint density at radius 1 is 1.19 bits per heavy atom. The molecular weight excluding hydrogens is 258 g/mol. The molecule has 0 aliphatic heterocycles. The summed E-state index contributed by atoms with van der Waals surface area (Å²) in [7, 11) is 0. The van der Waals surface area contributed by atoms with E-state index in [4.69, 9.17) is 0 Å². The fourth-order valence-electron chi connectivity index (χ4n) is 3.41. The molecule has 112 valence electrons. The van der Waals surface area contributed by atoms with Crippen LogP contribution in [0.5, 0.6) is 0 Å². The number of nitrogens with one attached hydrogen (secondary N) is 1. The standard InChI is InChI=1S/C18H25N3/c1-14-7-5-9-17(15(14)2)19-13-16-8-3-4-10-18(16)21-12-6-11-20-21/h3-4,6,8,10-12,14-15,17,19H,5,7,9,13H2,1-2H3. The van der Waals surface area contributed by atoms with E-state index in [1.165, 1.54) is 30.5 Å². The van der Waals surface area contributed by atoms with Crippen LogP contribution in [0.3, 0.4) is 0 Å². The lowest BCUT2D eigenvalue weighted by molar-refractivity contribution is 0.206. The number of aromatic nitrogens is 2. The van der Waals surface area contributed by atoms with Gasteiger partial charge in [0.25, 0.3) is 0 Å². The van der Waals surface area contributed by atoms with E-state index in [0.717, 1.165) is 18.4 Å². The van der Waals surface area contributed by atoms with E-state index >= 15 is 0 Å². The van der Waals surface area contributed by atoms with Crippen molar-refractivity contribution in [1.29, 1.82) is 0 Å². The smallest absolute Gasteiger partial charge is 0.0690 e. The lowest BCUT2D eigenvalue weighted by Crippen LogP contribution is -2.40. The summed E-state index contributed by atoms with van der Waals surface area (Å²) in [5, 5.41) is 8.14. The van der Waals surface area contributed by atoms with Crippen LogP contribution in [0, 0.1) is 11.8 Å². The molecule has 3 nitrogen and oxygen atoms in total. The number of hydrogen-bond donors (Lipinski definition) is 1. The highest BCUT2D eigenvalue weighted by Gasteiger charge is 2.26. The maximum Gasteiger partial charge on any atom is 0.0690 e. The van der Waals surface area contributed by atoms with Gasteiger partial charge in [-0.1, -0.05) is 44.9 Å². The van der Waals surface area contributed by atoms with Gasteiger partial charge >= 0.3 is 0 Å². The minimum atomic E-state index is 0.638. The first-order valence-electron chi connectivity index (χ1n) is 8.07. The van der Waals surface area contributed by atoms with Crippen molar-refractivity contribution in [1.82, 2.24) is 15.1 Å². The molecule has 2 aromatic rings. The van der Waals surface area contributed by atoms with Crippen LogP contribution < -0.4 is 5.32 Å². The molecule has 3 atom stereocenters. The third-order valence-electron chi connectivity index (χ3n) is 5.00. The van der Waals surface area contributed by atoms with Gasteiger partial charge in [0.15, 0.2) is 0 Å². The third-order valence-corrected chi connectivity index (χ3v) is 5.00. The fourth-order valence-corrected chi connectivity index (χ4v) is 3.41. The van der Waals surface area contributed by atoms with E-state index < -0.39 is 0 Å². The zero-order chi connectivity index (χ0) is 14.7. The monoisotopic (exact) mass is 283 g/mol. The van der Waals surface area contributed by atoms with Crippen molar-refractivity contribution >= 4 is 0 Å². The van der Waals surface area contributed by atoms with E-state index in [2.05, 4.69) is 48.5 Å². The Labute approximate surface area is 127 Å². The van der Waals surface area contributed by atoms with E-state index in [1.54, 1.807) is 0 Å². The number of rotatable bonds is 4. The van der Waals surface area contributed by atoms with Crippen molar-refractivity contribution in [3.05, 3.63) is 48.3 Å². The van der Waals surface area contributed by atoms with Crippen LogP contribution in [-0.2, 0) is 6.54 Å². The second kappa shape index (κ2) is 6.44. The molecule has 1 aromatic carbocycles. The lowest BCUT2D eigenvalue weighted by Gasteiger charge is -2.35. The molecule has 1 fully saturated rings. The maximum atomic E-state index is 4.36. The minimum absolute atomic E-state index is 0.638. The molecule has 1 aliphatic rings. The number of para-hydroxylation sites is 1. The Bertz CT molecular complexity index is 562. The van der Waals surface area contributed by atoms with Crippen molar-refractivity contribution in [2.24, 2.45) is 11.8 Å². The van der Waals surface area contributed by atoms with Gasteiger partial charge in [0.1, 0.15) is 0 Å². The van der Waals surface area contributed by atoms with E-state index in [1.807, 2.05) is 23.1 Å². The summed E-state index contributed by atoms with van der Waals surface area (Å²) in [6.07, 6.45) is 7.86. The van der Waals surface area contributed by atoms with Gasteiger partial charge in [-0.15, -0.1) is 0 Å². The van der Waals surface area contributed by atoms with Gasteiger partial charge in [-0.3, -0.25) is 0 Å². The first-order valence-corrected chi connectivity index (χ1v) is 8.07. The highest BCUT2D eigenvalue weighted by molar-refractivity contribution is 5.40. The molecule has 1 N–H and O–H groups in total. The average Bonchev–Trinajstić information content (AvgIpc) is 3.03. The molecule has 0 bridgehead atoms. The topological polar surface area (TPSA) is 29.9 Å². The van der Waals surface area contributed by atoms with Crippen LogP contribution >= 0.6 is 0 Å². The normalized spacial score (nSPS) is 25.9. The molecule has 3 rings (SSSR count). The summed E-state index contributed by atoms with van der Waals surface area (Å²) < 4.78 is 1.95. The van der Waals surface area contributed by atoms with Crippen molar-refractivity contribution < 1.29 is 0 Å². The zero-order valence-electron chi connectivity index (χ0n) is 13.0. The molecule has 1 aromatic heterocycles.